The minimum atomic E-state index is -1.08. The molecule has 0 aliphatic carbocycles. The van der Waals surface area contributed by atoms with Gasteiger partial charge in [0.25, 0.3) is 0 Å². The van der Waals surface area contributed by atoms with E-state index in [0.717, 1.165) is 36.4 Å². The van der Waals surface area contributed by atoms with Gasteiger partial charge in [0.05, 0.1) is 17.0 Å². The number of rotatable bonds is 6. The number of carboxylic acids is 1. The Labute approximate surface area is 188 Å². The van der Waals surface area contributed by atoms with Gasteiger partial charge in [0.1, 0.15) is 11.4 Å². The maximum absolute atomic E-state index is 8.89. The standard InChI is InChI=1S/C22H27N4S.C2H4O2/c1-6-26(15-19-10-8-7-9-11-19)20-12-13-21(16(2)14-20)23-24-22-25(5)17(3)18(4)27-22;1-2(3)4/h7-14H,6,15H2,1-5H3;1H3,(H,3,4)/q+1;/p-1. The third kappa shape index (κ3) is 7.00. The average Bonchev–Trinajstić information content (AvgIpc) is 2.98. The molecule has 0 radical (unpaired) electrons. The van der Waals surface area contributed by atoms with Crippen molar-refractivity contribution >= 4 is 33.8 Å². The predicted molar refractivity (Wildman–Crippen MR) is 124 cm³/mol. The quantitative estimate of drug-likeness (QED) is 0.414. The normalized spacial score (nSPS) is 10.6. The first-order valence-corrected chi connectivity index (χ1v) is 11.0. The monoisotopic (exact) mass is 438 g/mol. The molecule has 0 bridgehead atoms. The lowest BCUT2D eigenvalue weighted by Gasteiger charge is -2.23. The molecule has 0 saturated carbocycles. The Balaban J connectivity index is 0.000000785. The fourth-order valence-electron chi connectivity index (χ4n) is 2.98. The SMILES string of the molecule is CC(=O)[O-].CCN(Cc1ccccc1)c1ccc(/N=N/c2sc(C)c(C)[n+]2C)c(C)c1. The van der Waals surface area contributed by atoms with Gasteiger partial charge in [-0.3, -0.25) is 0 Å². The highest BCUT2D eigenvalue weighted by molar-refractivity contribution is 7.14. The second-order valence-corrected chi connectivity index (χ2v) is 8.43. The van der Waals surface area contributed by atoms with Gasteiger partial charge >= 0.3 is 5.13 Å². The molecule has 0 amide bonds. The molecule has 3 rings (SSSR count). The average molecular weight is 439 g/mol. The highest BCUT2D eigenvalue weighted by atomic mass is 32.1. The van der Waals surface area contributed by atoms with E-state index in [2.05, 4.69) is 95.9 Å². The van der Waals surface area contributed by atoms with E-state index in [1.165, 1.54) is 21.8 Å². The van der Waals surface area contributed by atoms with E-state index in [9.17, 15) is 0 Å². The topological polar surface area (TPSA) is 72.0 Å². The van der Waals surface area contributed by atoms with Crippen LogP contribution in [0.2, 0.25) is 0 Å². The van der Waals surface area contributed by atoms with Crippen molar-refractivity contribution in [2.24, 2.45) is 17.3 Å². The Morgan fingerprint density at radius 2 is 1.74 bits per heavy atom. The van der Waals surface area contributed by atoms with Gasteiger partial charge in [-0.15, -0.1) is 0 Å². The number of benzene rings is 2. The van der Waals surface area contributed by atoms with E-state index in [1.54, 1.807) is 11.3 Å². The number of thiazole rings is 1. The lowest BCUT2D eigenvalue weighted by Crippen LogP contribution is -2.28. The molecule has 6 nitrogen and oxygen atoms in total. The summed E-state index contributed by atoms with van der Waals surface area (Å²) in [5, 5.41) is 18.8. The third-order valence-electron chi connectivity index (χ3n) is 4.93. The smallest absolute Gasteiger partial charge is 0.408 e. The van der Waals surface area contributed by atoms with Crippen molar-refractivity contribution in [3.8, 4) is 0 Å². The summed E-state index contributed by atoms with van der Waals surface area (Å²) in [6.07, 6.45) is 0. The second kappa shape index (κ2) is 11.4. The van der Waals surface area contributed by atoms with Crippen molar-refractivity contribution in [1.82, 2.24) is 0 Å². The van der Waals surface area contributed by atoms with Gasteiger partial charge in [0.2, 0.25) is 0 Å². The molecule has 0 N–H and O–H groups in total. The van der Waals surface area contributed by atoms with Gasteiger partial charge < -0.3 is 14.8 Å². The number of anilines is 1. The van der Waals surface area contributed by atoms with Crippen LogP contribution in [-0.4, -0.2) is 12.5 Å². The Morgan fingerprint density at radius 1 is 1.10 bits per heavy atom. The molecule has 0 spiro atoms. The van der Waals surface area contributed by atoms with Gasteiger partial charge in [-0.1, -0.05) is 30.3 Å². The molecule has 7 heteroatoms. The predicted octanol–water partition coefficient (Wildman–Crippen LogP) is 4.70. The Hall–Kier alpha value is -3.06. The molecule has 0 atom stereocenters. The van der Waals surface area contributed by atoms with Gasteiger partial charge in [-0.05, 0) is 80.4 Å². The fourth-order valence-corrected chi connectivity index (χ4v) is 3.90. The number of carbonyl (C=O) groups excluding carboxylic acids is 1. The maximum Gasteiger partial charge on any atom is 0.408 e. The van der Waals surface area contributed by atoms with Gasteiger partial charge in [-0.2, -0.15) is 0 Å². The first-order valence-electron chi connectivity index (χ1n) is 10.2. The number of aromatic nitrogens is 1. The van der Waals surface area contributed by atoms with E-state index in [0.29, 0.717) is 0 Å². The van der Waals surface area contributed by atoms with E-state index in [-0.39, 0.29) is 0 Å². The summed E-state index contributed by atoms with van der Waals surface area (Å²) >= 11 is 1.67. The van der Waals surface area contributed by atoms with Gasteiger partial charge in [0.15, 0.2) is 0 Å². The van der Waals surface area contributed by atoms with Crippen molar-refractivity contribution in [3.63, 3.8) is 0 Å². The third-order valence-corrected chi connectivity index (χ3v) is 6.07. The number of nitrogens with zero attached hydrogens (tertiary/aromatic N) is 4. The highest BCUT2D eigenvalue weighted by Crippen LogP contribution is 2.28. The fraction of sp³-hybridized carbons (Fsp3) is 0.333. The molecule has 0 unspecified atom stereocenters. The van der Waals surface area contributed by atoms with Crippen molar-refractivity contribution < 1.29 is 14.5 Å². The molecule has 1 aromatic heterocycles. The molecule has 164 valence electrons. The molecule has 0 aliphatic heterocycles. The lowest BCUT2D eigenvalue weighted by atomic mass is 10.1. The summed E-state index contributed by atoms with van der Waals surface area (Å²) in [5.41, 5.74) is 5.82. The molecule has 0 fully saturated rings. The summed E-state index contributed by atoms with van der Waals surface area (Å²) in [7, 11) is 2.03. The zero-order chi connectivity index (χ0) is 23.0. The van der Waals surface area contributed by atoms with Gasteiger partial charge in [-0.25, -0.2) is 4.57 Å². The van der Waals surface area contributed by atoms with Crippen molar-refractivity contribution in [1.29, 1.82) is 0 Å². The van der Waals surface area contributed by atoms with E-state index < -0.39 is 5.97 Å². The minimum Gasteiger partial charge on any atom is -0.550 e. The van der Waals surface area contributed by atoms with Crippen LogP contribution in [0.25, 0.3) is 0 Å². The van der Waals surface area contributed by atoms with Crippen LogP contribution >= 0.6 is 11.3 Å². The molecule has 1 heterocycles. The van der Waals surface area contributed by atoms with Crippen LogP contribution in [0.4, 0.5) is 16.5 Å². The maximum atomic E-state index is 8.89. The molecular weight excluding hydrogens is 408 g/mol. The Bertz CT molecular complexity index is 1040. The van der Waals surface area contributed by atoms with Crippen molar-refractivity contribution in [2.75, 3.05) is 11.4 Å². The number of carbonyl (C=O) groups is 1. The molecule has 2 aromatic carbocycles. The first-order chi connectivity index (χ1) is 14.7. The first kappa shape index (κ1) is 24.2. The number of azo groups is 1. The van der Waals surface area contributed by atoms with Crippen LogP contribution in [-0.2, 0) is 18.4 Å². The number of carboxylic acid groups (broad SMARTS) is 1. The summed E-state index contributed by atoms with van der Waals surface area (Å²) in [6.45, 7) is 11.3. The summed E-state index contributed by atoms with van der Waals surface area (Å²) in [4.78, 5) is 12.5. The number of hydrogen-bond acceptors (Lipinski definition) is 6. The molecule has 0 aliphatic rings. The van der Waals surface area contributed by atoms with Crippen LogP contribution in [0.15, 0.2) is 58.8 Å². The Morgan fingerprint density at radius 3 is 2.26 bits per heavy atom. The molecule has 31 heavy (non-hydrogen) atoms. The van der Waals surface area contributed by atoms with Crippen LogP contribution < -0.4 is 14.6 Å². The lowest BCUT2D eigenvalue weighted by molar-refractivity contribution is -0.660. The van der Waals surface area contributed by atoms with Crippen LogP contribution in [0.3, 0.4) is 0 Å². The summed E-state index contributed by atoms with van der Waals surface area (Å²) in [6, 6.07) is 17.0. The van der Waals surface area contributed by atoms with Crippen LogP contribution in [0, 0.1) is 20.8 Å². The van der Waals surface area contributed by atoms with E-state index in [1.807, 2.05) is 7.05 Å². The van der Waals surface area contributed by atoms with Gasteiger partial charge in [0, 0.05) is 24.7 Å². The minimum absolute atomic E-state index is 0.904. The largest absolute Gasteiger partial charge is 0.550 e. The Kier molecular flexibility index (Phi) is 8.88. The molecule has 3 aromatic rings. The summed E-state index contributed by atoms with van der Waals surface area (Å²) in [5.74, 6) is -1.08. The zero-order valence-electron chi connectivity index (χ0n) is 19.0. The van der Waals surface area contributed by atoms with Crippen molar-refractivity contribution in [2.45, 2.75) is 41.2 Å². The van der Waals surface area contributed by atoms with Crippen molar-refractivity contribution in [3.05, 3.63) is 70.2 Å². The van der Waals surface area contributed by atoms with Crippen LogP contribution in [0.1, 0.15) is 35.5 Å². The van der Waals surface area contributed by atoms with E-state index in [4.69, 9.17) is 9.90 Å². The molecular formula is C24H30N4O2S. The highest BCUT2D eigenvalue weighted by Gasteiger charge is 2.16. The number of aliphatic carboxylic acids is 1. The molecule has 0 saturated heterocycles. The van der Waals surface area contributed by atoms with E-state index >= 15 is 0 Å². The second-order valence-electron chi connectivity index (χ2n) is 7.25. The zero-order valence-corrected chi connectivity index (χ0v) is 19.9. The van der Waals surface area contributed by atoms with Crippen LogP contribution in [0.5, 0.6) is 0 Å². The number of hydrogen-bond donors (Lipinski definition) is 0. The number of aryl methyl sites for hydroxylation is 2. The summed E-state index contributed by atoms with van der Waals surface area (Å²) < 4.78 is 2.09.